The molecule has 1 aliphatic heterocycles. The van der Waals surface area contributed by atoms with E-state index in [4.69, 9.17) is 14.5 Å². The van der Waals surface area contributed by atoms with Crippen LogP contribution in [0.1, 0.15) is 30.1 Å². The van der Waals surface area contributed by atoms with Crippen LogP contribution in [-0.2, 0) is 17.8 Å². The van der Waals surface area contributed by atoms with Crippen LogP contribution in [0.15, 0.2) is 78.9 Å². The third-order valence-corrected chi connectivity index (χ3v) is 6.61. The molecule has 1 amide bonds. The van der Waals surface area contributed by atoms with E-state index >= 15 is 0 Å². The molecule has 1 saturated heterocycles. The number of nitrogens with zero attached hydrogens (tertiary/aromatic N) is 3. The summed E-state index contributed by atoms with van der Waals surface area (Å²) in [7, 11) is 1.65. The first-order valence-corrected chi connectivity index (χ1v) is 12.2. The van der Waals surface area contributed by atoms with Gasteiger partial charge in [0.05, 0.1) is 24.8 Å². The van der Waals surface area contributed by atoms with E-state index in [0.29, 0.717) is 13.0 Å². The first kappa shape index (κ1) is 23.0. The Morgan fingerprint density at radius 3 is 2.60 bits per heavy atom. The predicted octanol–water partition coefficient (Wildman–Crippen LogP) is 5.07. The molecule has 0 N–H and O–H groups in total. The molecule has 1 unspecified atom stereocenters. The fraction of sp³-hybridized carbons (Fsp3) is 0.310. The van der Waals surface area contributed by atoms with Gasteiger partial charge in [-0.25, -0.2) is 4.98 Å². The second-order valence-electron chi connectivity index (χ2n) is 8.97. The first-order chi connectivity index (χ1) is 17.2. The van der Waals surface area contributed by atoms with Crippen LogP contribution in [0.3, 0.4) is 0 Å². The van der Waals surface area contributed by atoms with Crippen molar-refractivity contribution in [1.82, 2.24) is 14.5 Å². The number of aryl methyl sites for hydroxylation is 1. The Morgan fingerprint density at radius 1 is 0.943 bits per heavy atom. The van der Waals surface area contributed by atoms with Crippen molar-refractivity contribution in [2.75, 3.05) is 26.8 Å². The molecule has 6 nitrogen and oxygen atoms in total. The van der Waals surface area contributed by atoms with Gasteiger partial charge in [0.1, 0.15) is 17.3 Å². The molecule has 180 valence electrons. The summed E-state index contributed by atoms with van der Waals surface area (Å²) < 4.78 is 13.5. The van der Waals surface area contributed by atoms with Gasteiger partial charge in [-0.1, -0.05) is 48.5 Å². The summed E-state index contributed by atoms with van der Waals surface area (Å²) in [4.78, 5) is 19.8. The quantitative estimate of drug-likeness (QED) is 0.304. The Kier molecular flexibility index (Phi) is 6.98. The second-order valence-corrected chi connectivity index (χ2v) is 8.97. The van der Waals surface area contributed by atoms with Crippen molar-refractivity contribution in [1.29, 1.82) is 0 Å². The van der Waals surface area contributed by atoms with Crippen molar-refractivity contribution >= 4 is 16.9 Å². The molecule has 4 aromatic rings. The molecule has 0 aliphatic carbocycles. The maximum Gasteiger partial charge on any atom is 0.223 e. The second kappa shape index (κ2) is 10.6. The third kappa shape index (κ3) is 5.32. The lowest BCUT2D eigenvalue weighted by Crippen LogP contribution is -2.27. The summed E-state index contributed by atoms with van der Waals surface area (Å²) in [6.07, 6.45) is 2.22. The van der Waals surface area contributed by atoms with Crippen molar-refractivity contribution < 1.29 is 14.3 Å². The van der Waals surface area contributed by atoms with E-state index in [1.54, 1.807) is 7.11 Å². The molecule has 1 aliphatic rings. The van der Waals surface area contributed by atoms with E-state index < -0.39 is 0 Å². The van der Waals surface area contributed by atoms with Crippen LogP contribution in [0.5, 0.6) is 11.5 Å². The van der Waals surface area contributed by atoms with Gasteiger partial charge >= 0.3 is 0 Å². The first-order valence-electron chi connectivity index (χ1n) is 12.2. The van der Waals surface area contributed by atoms with Crippen LogP contribution in [-0.4, -0.2) is 47.2 Å². The molecule has 0 bridgehead atoms. The minimum absolute atomic E-state index is 0.102. The van der Waals surface area contributed by atoms with Gasteiger partial charge in [0.25, 0.3) is 0 Å². The number of hydrogen-bond acceptors (Lipinski definition) is 4. The lowest BCUT2D eigenvalue weighted by atomic mass is 10.1. The number of amides is 1. The molecule has 1 atom stereocenters. The molecule has 5 rings (SSSR count). The Hall–Kier alpha value is -3.80. The van der Waals surface area contributed by atoms with Gasteiger partial charge in [-0.2, -0.15) is 0 Å². The van der Waals surface area contributed by atoms with Crippen molar-refractivity contribution in [2.45, 2.75) is 31.7 Å². The summed E-state index contributed by atoms with van der Waals surface area (Å²) in [5.74, 6) is 2.91. The number of aromatic nitrogens is 2. The van der Waals surface area contributed by atoms with Gasteiger partial charge in [-0.3, -0.25) is 4.79 Å². The number of hydrogen-bond donors (Lipinski definition) is 0. The maximum atomic E-state index is 12.8. The normalized spacial score (nSPS) is 15.6. The number of rotatable bonds is 10. The lowest BCUT2D eigenvalue weighted by molar-refractivity contribution is -0.127. The fourth-order valence-electron chi connectivity index (χ4n) is 4.81. The molecule has 0 spiro atoms. The Balaban J connectivity index is 1.26. The summed E-state index contributed by atoms with van der Waals surface area (Å²) >= 11 is 0. The number of ether oxygens (including phenoxy) is 2. The van der Waals surface area contributed by atoms with E-state index in [9.17, 15) is 4.79 Å². The molecule has 0 saturated carbocycles. The van der Waals surface area contributed by atoms with Crippen molar-refractivity contribution in [3.63, 3.8) is 0 Å². The molecule has 1 aromatic heterocycles. The highest BCUT2D eigenvalue weighted by atomic mass is 16.5. The zero-order valence-corrected chi connectivity index (χ0v) is 20.1. The Labute approximate surface area is 206 Å². The molecule has 6 heteroatoms. The predicted molar refractivity (Wildman–Crippen MR) is 137 cm³/mol. The number of para-hydroxylation sites is 2. The molecule has 35 heavy (non-hydrogen) atoms. The van der Waals surface area contributed by atoms with Crippen LogP contribution >= 0.6 is 0 Å². The van der Waals surface area contributed by atoms with Crippen LogP contribution < -0.4 is 9.47 Å². The zero-order valence-electron chi connectivity index (χ0n) is 20.1. The van der Waals surface area contributed by atoms with Crippen molar-refractivity contribution in [3.05, 3.63) is 90.3 Å². The number of imidazole rings is 1. The third-order valence-electron chi connectivity index (χ3n) is 6.61. The molecule has 1 fully saturated rings. The smallest absolute Gasteiger partial charge is 0.223 e. The molecule has 0 radical (unpaired) electrons. The van der Waals surface area contributed by atoms with Crippen LogP contribution in [0.4, 0.5) is 0 Å². The van der Waals surface area contributed by atoms with Gasteiger partial charge < -0.3 is 18.9 Å². The van der Waals surface area contributed by atoms with Crippen LogP contribution in [0, 0.1) is 0 Å². The average Bonchev–Trinajstić information content (AvgIpc) is 3.46. The number of methoxy groups -OCH3 is 1. The zero-order chi connectivity index (χ0) is 24.0. The standard InChI is InChI=1S/C29H31N3O3/c1-34-24-11-7-12-25(20-24)35-18-8-16-32-27-14-6-5-13-26(27)30-29(32)23-19-28(33)31(21-23)17-15-22-9-3-2-4-10-22/h2-7,9-14,20,23H,8,15-19,21H2,1H3. The lowest BCUT2D eigenvalue weighted by Gasteiger charge is -2.17. The highest BCUT2D eigenvalue weighted by Gasteiger charge is 2.33. The van der Waals surface area contributed by atoms with Crippen LogP contribution in [0.25, 0.3) is 11.0 Å². The Bertz CT molecular complexity index is 1280. The summed E-state index contributed by atoms with van der Waals surface area (Å²) in [6.45, 7) is 2.84. The number of fused-ring (bicyclic) bond motifs is 1. The van der Waals surface area contributed by atoms with Gasteiger partial charge in [0.2, 0.25) is 5.91 Å². The van der Waals surface area contributed by atoms with Gasteiger partial charge in [0, 0.05) is 38.0 Å². The van der Waals surface area contributed by atoms with E-state index in [2.05, 4.69) is 22.8 Å². The molecular formula is C29H31N3O3. The Morgan fingerprint density at radius 2 is 1.74 bits per heavy atom. The van der Waals surface area contributed by atoms with E-state index in [-0.39, 0.29) is 11.8 Å². The van der Waals surface area contributed by atoms with Gasteiger partial charge in [-0.05, 0) is 42.7 Å². The monoisotopic (exact) mass is 469 g/mol. The minimum Gasteiger partial charge on any atom is -0.497 e. The molecule has 3 aromatic carbocycles. The highest BCUT2D eigenvalue weighted by Crippen LogP contribution is 2.31. The number of likely N-dealkylation sites (tertiary alicyclic amines) is 1. The van der Waals surface area contributed by atoms with E-state index in [1.165, 1.54) is 5.56 Å². The van der Waals surface area contributed by atoms with Crippen molar-refractivity contribution in [2.24, 2.45) is 0 Å². The van der Waals surface area contributed by atoms with Crippen molar-refractivity contribution in [3.8, 4) is 11.5 Å². The average molecular weight is 470 g/mol. The SMILES string of the molecule is COc1cccc(OCCCn2c(C3CC(=O)N(CCc4ccccc4)C3)nc3ccccc32)c1. The maximum absolute atomic E-state index is 12.8. The minimum atomic E-state index is 0.102. The molecular weight excluding hydrogens is 438 g/mol. The number of carbonyl (C=O) groups is 1. The molecule has 2 heterocycles. The topological polar surface area (TPSA) is 56.6 Å². The number of benzene rings is 3. The van der Waals surface area contributed by atoms with E-state index in [1.807, 2.05) is 65.6 Å². The summed E-state index contributed by atoms with van der Waals surface area (Å²) in [5.41, 5.74) is 3.34. The van der Waals surface area contributed by atoms with E-state index in [0.717, 1.165) is 60.8 Å². The van der Waals surface area contributed by atoms with Crippen LogP contribution in [0.2, 0.25) is 0 Å². The largest absolute Gasteiger partial charge is 0.497 e. The fourth-order valence-corrected chi connectivity index (χ4v) is 4.81. The highest BCUT2D eigenvalue weighted by molar-refractivity contribution is 5.81. The van der Waals surface area contributed by atoms with Gasteiger partial charge in [-0.15, -0.1) is 0 Å². The van der Waals surface area contributed by atoms with Gasteiger partial charge in [0.15, 0.2) is 0 Å². The number of carbonyl (C=O) groups excluding carboxylic acids is 1. The summed E-state index contributed by atoms with van der Waals surface area (Å²) in [6, 6.07) is 26.2. The summed E-state index contributed by atoms with van der Waals surface area (Å²) in [5, 5.41) is 0.